The average molecular weight is 692 g/mol. The number of allylic oxidation sites excluding steroid dienone is 2. The molecule has 3 aromatic rings. The molecule has 51 heavy (non-hydrogen) atoms. The Morgan fingerprint density at radius 2 is 1.57 bits per heavy atom. The van der Waals surface area contributed by atoms with E-state index in [9.17, 15) is 24.0 Å². The molecule has 1 aliphatic carbocycles. The summed E-state index contributed by atoms with van der Waals surface area (Å²) in [6, 6.07) is 22.2. The van der Waals surface area contributed by atoms with E-state index in [-0.39, 0.29) is 41.7 Å². The predicted molar refractivity (Wildman–Crippen MR) is 193 cm³/mol. The van der Waals surface area contributed by atoms with E-state index in [2.05, 4.69) is 38.2 Å². The smallest absolute Gasteiger partial charge is 0.340 e. The van der Waals surface area contributed by atoms with Crippen LogP contribution >= 0.6 is 0 Å². The van der Waals surface area contributed by atoms with Crippen LogP contribution < -0.4 is 5.32 Å². The first-order chi connectivity index (χ1) is 24.2. The summed E-state index contributed by atoms with van der Waals surface area (Å²) in [5.41, 5.74) is 3.00. The molecule has 1 unspecified atom stereocenters. The van der Waals surface area contributed by atoms with Gasteiger partial charge in [-0.15, -0.1) is 0 Å². The second kappa shape index (κ2) is 14.8. The molecule has 0 radical (unpaired) electrons. The molecule has 2 atom stereocenters. The van der Waals surface area contributed by atoms with Crippen LogP contribution in [0, 0.1) is 5.92 Å². The summed E-state index contributed by atoms with van der Waals surface area (Å²) in [6.07, 6.45) is 3.66. The third-order valence-corrected chi connectivity index (χ3v) is 9.40. The van der Waals surface area contributed by atoms with Gasteiger partial charge in [0, 0.05) is 43.5 Å². The molecule has 10 nitrogen and oxygen atoms in total. The molecule has 0 aromatic heterocycles. The molecule has 0 bridgehead atoms. The summed E-state index contributed by atoms with van der Waals surface area (Å²) in [6.45, 7) is 7.75. The Labute approximate surface area is 299 Å². The molecule has 3 amide bonds. The van der Waals surface area contributed by atoms with Gasteiger partial charge in [-0.3, -0.25) is 19.2 Å². The van der Waals surface area contributed by atoms with Gasteiger partial charge in [-0.05, 0) is 53.5 Å². The van der Waals surface area contributed by atoms with Crippen LogP contribution in [0.4, 0.5) is 0 Å². The number of carbonyl (C=O) groups is 5. The molecule has 1 aliphatic heterocycles. The molecule has 1 heterocycles. The van der Waals surface area contributed by atoms with Gasteiger partial charge in [0.15, 0.2) is 0 Å². The SMILES string of the molecule is CCOC(=O)[C@]1(COC(=O)CC2C=C(C(=O)N(C)C)C(NC(=O)c3ccccc3-c3ccc(C(C)(C)C)cc3)=CC2)c2ccccc2C(=O)N1C. The molecule has 0 saturated carbocycles. The number of likely N-dealkylation sites (N-methyl/N-ethyl adjacent to an activating group) is 2. The van der Waals surface area contributed by atoms with Crippen molar-refractivity contribution in [3.63, 3.8) is 0 Å². The minimum absolute atomic E-state index is 0.0106. The van der Waals surface area contributed by atoms with Crippen molar-refractivity contribution in [2.45, 2.75) is 51.5 Å². The maximum atomic E-state index is 13.8. The minimum Gasteiger partial charge on any atom is -0.464 e. The lowest BCUT2D eigenvalue weighted by atomic mass is 9.86. The maximum Gasteiger partial charge on any atom is 0.340 e. The predicted octanol–water partition coefficient (Wildman–Crippen LogP) is 5.78. The highest BCUT2D eigenvalue weighted by Crippen LogP contribution is 2.40. The summed E-state index contributed by atoms with van der Waals surface area (Å²) in [5.74, 6) is -2.82. The number of ether oxygens (including phenoxy) is 2. The van der Waals surface area contributed by atoms with Gasteiger partial charge in [-0.1, -0.05) is 93.6 Å². The van der Waals surface area contributed by atoms with Crippen molar-refractivity contribution in [3.8, 4) is 11.1 Å². The summed E-state index contributed by atoms with van der Waals surface area (Å²) >= 11 is 0. The molecule has 0 saturated heterocycles. The molecule has 5 rings (SSSR count). The van der Waals surface area contributed by atoms with E-state index in [1.165, 1.54) is 22.4 Å². The molecule has 10 heteroatoms. The molecule has 0 fully saturated rings. The van der Waals surface area contributed by atoms with Gasteiger partial charge in [0.25, 0.3) is 17.7 Å². The summed E-state index contributed by atoms with van der Waals surface area (Å²) < 4.78 is 11.1. The molecule has 1 N–H and O–H groups in total. The van der Waals surface area contributed by atoms with Crippen molar-refractivity contribution in [1.29, 1.82) is 0 Å². The average Bonchev–Trinajstić information content (AvgIpc) is 3.33. The van der Waals surface area contributed by atoms with Gasteiger partial charge in [0.05, 0.1) is 18.6 Å². The topological polar surface area (TPSA) is 122 Å². The van der Waals surface area contributed by atoms with E-state index in [1.807, 2.05) is 24.3 Å². The second-order valence-electron chi connectivity index (χ2n) is 14.1. The summed E-state index contributed by atoms with van der Waals surface area (Å²) in [4.78, 5) is 69.5. The Balaban J connectivity index is 1.33. The second-order valence-corrected chi connectivity index (χ2v) is 14.1. The lowest BCUT2D eigenvalue weighted by molar-refractivity contribution is -0.164. The standard InChI is InChI=1S/C41H45N3O7/c1-8-50-39(49)41(33-16-12-11-15-31(33)38(48)44(41)7)25-51-35(45)24-26-17-22-34(32(23-26)37(47)43(5)6)42-36(46)30-14-10-9-13-29(30)27-18-20-28(21-19-27)40(2,3)4/h9-16,18-23,26H,8,17,24-25H2,1-7H3,(H,42,46)/t26?,41-/m0/s1. The Morgan fingerprint density at radius 1 is 0.922 bits per heavy atom. The highest BCUT2D eigenvalue weighted by molar-refractivity contribution is 6.06. The van der Waals surface area contributed by atoms with Crippen LogP contribution in [0.15, 0.2) is 96.2 Å². The zero-order valence-corrected chi connectivity index (χ0v) is 30.2. The number of esters is 2. The van der Waals surface area contributed by atoms with E-state index < -0.39 is 30.0 Å². The molecular weight excluding hydrogens is 646 g/mol. The summed E-state index contributed by atoms with van der Waals surface area (Å²) in [5, 5.41) is 2.95. The molecule has 2 aliphatic rings. The van der Waals surface area contributed by atoms with E-state index >= 15 is 0 Å². The summed E-state index contributed by atoms with van der Waals surface area (Å²) in [7, 11) is 4.71. The molecular formula is C41H45N3O7. The van der Waals surface area contributed by atoms with Gasteiger partial charge in [0.2, 0.25) is 5.54 Å². The van der Waals surface area contributed by atoms with Crippen molar-refractivity contribution >= 4 is 29.7 Å². The van der Waals surface area contributed by atoms with Crippen LogP contribution in [0.1, 0.15) is 72.4 Å². The maximum absolute atomic E-state index is 13.8. The first-order valence-electron chi connectivity index (χ1n) is 17.0. The Hall–Kier alpha value is -5.51. The minimum atomic E-state index is -1.63. The van der Waals surface area contributed by atoms with Crippen molar-refractivity contribution < 1.29 is 33.4 Å². The monoisotopic (exact) mass is 691 g/mol. The number of amides is 3. The Bertz CT molecular complexity index is 1920. The Morgan fingerprint density at radius 3 is 2.22 bits per heavy atom. The quantitative estimate of drug-likeness (QED) is 0.268. The number of hydrogen-bond acceptors (Lipinski definition) is 7. The van der Waals surface area contributed by atoms with E-state index in [0.717, 1.165) is 11.1 Å². The van der Waals surface area contributed by atoms with Crippen LogP contribution in [0.3, 0.4) is 0 Å². The fraction of sp³-hybridized carbons (Fsp3) is 0.341. The number of fused-ring (bicyclic) bond motifs is 1. The van der Waals surface area contributed by atoms with Gasteiger partial charge in [0.1, 0.15) is 6.61 Å². The fourth-order valence-corrected chi connectivity index (χ4v) is 6.49. The number of nitrogens with one attached hydrogen (secondary N) is 1. The number of rotatable bonds is 10. The van der Waals surface area contributed by atoms with Crippen LogP contribution in [0.2, 0.25) is 0 Å². The first-order valence-corrected chi connectivity index (χ1v) is 17.0. The zero-order valence-electron chi connectivity index (χ0n) is 30.2. The highest BCUT2D eigenvalue weighted by atomic mass is 16.6. The number of carbonyl (C=O) groups excluding carboxylic acids is 5. The fourth-order valence-electron chi connectivity index (χ4n) is 6.49. The van der Waals surface area contributed by atoms with Crippen molar-refractivity contribution in [2.24, 2.45) is 5.92 Å². The van der Waals surface area contributed by atoms with Crippen molar-refractivity contribution in [3.05, 3.63) is 118 Å². The van der Waals surface area contributed by atoms with Crippen LogP contribution in [-0.2, 0) is 34.8 Å². The Kier molecular flexibility index (Phi) is 10.6. The normalized spacial score (nSPS) is 18.3. The van der Waals surface area contributed by atoms with Gasteiger partial charge >= 0.3 is 11.9 Å². The van der Waals surface area contributed by atoms with Gasteiger partial charge < -0.3 is 24.6 Å². The third kappa shape index (κ3) is 7.36. The first kappa shape index (κ1) is 36.8. The van der Waals surface area contributed by atoms with E-state index in [0.29, 0.717) is 28.8 Å². The van der Waals surface area contributed by atoms with E-state index in [4.69, 9.17) is 9.47 Å². The molecule has 3 aromatic carbocycles. The van der Waals surface area contributed by atoms with Crippen LogP contribution in [0.25, 0.3) is 11.1 Å². The molecule has 266 valence electrons. The number of nitrogens with zero attached hydrogens (tertiary/aromatic N) is 2. The largest absolute Gasteiger partial charge is 0.464 e. The number of benzene rings is 3. The lowest BCUT2D eigenvalue weighted by Gasteiger charge is -2.33. The van der Waals surface area contributed by atoms with Gasteiger partial charge in [-0.2, -0.15) is 0 Å². The lowest BCUT2D eigenvalue weighted by Crippen LogP contribution is -2.52. The van der Waals surface area contributed by atoms with Gasteiger partial charge in [-0.25, -0.2) is 4.79 Å². The van der Waals surface area contributed by atoms with Crippen LogP contribution in [0.5, 0.6) is 0 Å². The molecule has 0 spiro atoms. The number of hydrogen-bond donors (Lipinski definition) is 1. The zero-order chi connectivity index (χ0) is 37.1. The van der Waals surface area contributed by atoms with E-state index in [1.54, 1.807) is 69.6 Å². The van der Waals surface area contributed by atoms with Crippen molar-refractivity contribution in [2.75, 3.05) is 34.4 Å². The highest BCUT2D eigenvalue weighted by Gasteiger charge is 2.55. The van der Waals surface area contributed by atoms with Crippen LogP contribution in [-0.4, -0.2) is 73.8 Å². The van der Waals surface area contributed by atoms with Crippen molar-refractivity contribution in [1.82, 2.24) is 15.1 Å². The third-order valence-electron chi connectivity index (χ3n) is 9.40.